The Morgan fingerprint density at radius 2 is 1.78 bits per heavy atom. The van der Waals surface area contributed by atoms with Gasteiger partial charge in [-0.05, 0) is 40.8 Å². The molecule has 0 bridgehead atoms. The van der Waals surface area contributed by atoms with Gasteiger partial charge in [0, 0.05) is 31.0 Å². The van der Waals surface area contributed by atoms with Gasteiger partial charge in [0.05, 0.1) is 0 Å². The first-order valence-corrected chi connectivity index (χ1v) is 5.85. The second-order valence-corrected chi connectivity index (χ2v) is 4.12. The molecule has 0 amide bonds. The summed E-state index contributed by atoms with van der Waals surface area (Å²) in [6.07, 6.45) is 5.52. The number of fused-ring (bicyclic) bond motifs is 1. The van der Waals surface area contributed by atoms with E-state index in [0.717, 1.165) is 16.8 Å². The highest BCUT2D eigenvalue weighted by Gasteiger charge is 2.01. The van der Waals surface area contributed by atoms with E-state index in [-0.39, 0.29) is 0 Å². The minimum absolute atomic E-state index is 0.874. The van der Waals surface area contributed by atoms with Crippen LogP contribution in [0, 0.1) is 0 Å². The molecule has 2 heterocycles. The summed E-state index contributed by atoms with van der Waals surface area (Å²) in [5.41, 5.74) is 2.33. The Hall–Kier alpha value is -2.42. The number of hydrogen-bond acceptors (Lipinski definition) is 3. The van der Waals surface area contributed by atoms with E-state index in [1.165, 1.54) is 10.9 Å². The first-order chi connectivity index (χ1) is 8.86. The van der Waals surface area contributed by atoms with Crippen LogP contribution >= 0.6 is 0 Å². The van der Waals surface area contributed by atoms with Gasteiger partial charge in [-0.2, -0.15) is 0 Å². The van der Waals surface area contributed by atoms with Crippen molar-refractivity contribution in [2.75, 3.05) is 12.4 Å². The van der Waals surface area contributed by atoms with Crippen LogP contribution in [0.25, 0.3) is 21.9 Å². The molecular formula is C15H13N3. The summed E-state index contributed by atoms with van der Waals surface area (Å²) >= 11 is 0. The maximum absolute atomic E-state index is 4.22. The first kappa shape index (κ1) is 10.7. The van der Waals surface area contributed by atoms with Crippen LogP contribution in [-0.4, -0.2) is 17.0 Å². The SMILES string of the molecule is CNc1cc(-c2ccc3ccncc3c2)ccn1. The molecule has 0 radical (unpaired) electrons. The van der Waals surface area contributed by atoms with E-state index in [2.05, 4.69) is 33.5 Å². The molecule has 0 aliphatic heterocycles. The van der Waals surface area contributed by atoms with E-state index in [1.807, 2.05) is 43.8 Å². The molecule has 3 rings (SSSR count). The van der Waals surface area contributed by atoms with E-state index in [0.29, 0.717) is 0 Å². The van der Waals surface area contributed by atoms with Crippen LogP contribution in [0.3, 0.4) is 0 Å². The number of pyridine rings is 2. The summed E-state index contributed by atoms with van der Waals surface area (Å²) in [4.78, 5) is 8.38. The normalized spacial score (nSPS) is 10.5. The van der Waals surface area contributed by atoms with Crippen molar-refractivity contribution in [1.82, 2.24) is 9.97 Å². The van der Waals surface area contributed by atoms with Gasteiger partial charge in [0.15, 0.2) is 0 Å². The Morgan fingerprint density at radius 3 is 2.67 bits per heavy atom. The predicted molar refractivity (Wildman–Crippen MR) is 74.5 cm³/mol. The highest BCUT2D eigenvalue weighted by Crippen LogP contribution is 2.24. The van der Waals surface area contributed by atoms with E-state index in [9.17, 15) is 0 Å². The molecule has 3 nitrogen and oxygen atoms in total. The minimum atomic E-state index is 0.874. The fourth-order valence-corrected chi connectivity index (χ4v) is 2.01. The summed E-state index contributed by atoms with van der Waals surface area (Å²) in [5, 5.41) is 5.41. The van der Waals surface area contributed by atoms with Crippen molar-refractivity contribution >= 4 is 16.6 Å². The lowest BCUT2D eigenvalue weighted by Gasteiger charge is -2.05. The molecule has 0 unspecified atom stereocenters. The number of nitrogens with zero attached hydrogens (tertiary/aromatic N) is 2. The van der Waals surface area contributed by atoms with Gasteiger partial charge < -0.3 is 5.32 Å². The maximum Gasteiger partial charge on any atom is 0.126 e. The van der Waals surface area contributed by atoms with Crippen LogP contribution in [0.5, 0.6) is 0 Å². The zero-order valence-corrected chi connectivity index (χ0v) is 10.1. The van der Waals surface area contributed by atoms with Crippen molar-refractivity contribution in [1.29, 1.82) is 0 Å². The lowest BCUT2D eigenvalue weighted by Crippen LogP contribution is -1.91. The van der Waals surface area contributed by atoms with Crippen LogP contribution in [-0.2, 0) is 0 Å². The highest BCUT2D eigenvalue weighted by atomic mass is 14.9. The van der Waals surface area contributed by atoms with E-state index < -0.39 is 0 Å². The molecule has 3 heteroatoms. The van der Waals surface area contributed by atoms with Crippen molar-refractivity contribution in [2.45, 2.75) is 0 Å². The largest absolute Gasteiger partial charge is 0.373 e. The molecule has 0 saturated carbocycles. The Balaban J connectivity index is 2.13. The van der Waals surface area contributed by atoms with Crippen LogP contribution in [0.2, 0.25) is 0 Å². The van der Waals surface area contributed by atoms with E-state index >= 15 is 0 Å². The third-order valence-electron chi connectivity index (χ3n) is 2.99. The third-order valence-corrected chi connectivity index (χ3v) is 2.99. The fourth-order valence-electron chi connectivity index (χ4n) is 2.01. The molecule has 3 aromatic rings. The summed E-state index contributed by atoms with van der Waals surface area (Å²) in [6, 6.07) is 12.5. The Morgan fingerprint density at radius 1 is 0.889 bits per heavy atom. The Labute approximate surface area is 106 Å². The highest BCUT2D eigenvalue weighted by molar-refractivity contribution is 5.86. The maximum atomic E-state index is 4.22. The first-order valence-electron chi connectivity index (χ1n) is 5.85. The van der Waals surface area contributed by atoms with Gasteiger partial charge in [0.2, 0.25) is 0 Å². The van der Waals surface area contributed by atoms with Crippen molar-refractivity contribution in [2.24, 2.45) is 0 Å². The van der Waals surface area contributed by atoms with Crippen LogP contribution in [0.15, 0.2) is 55.0 Å². The number of aromatic nitrogens is 2. The molecule has 1 N–H and O–H groups in total. The Bertz CT molecular complexity index is 692. The molecule has 0 spiro atoms. The van der Waals surface area contributed by atoms with Crippen molar-refractivity contribution in [3.63, 3.8) is 0 Å². The summed E-state index contributed by atoms with van der Waals surface area (Å²) in [5.74, 6) is 0.874. The van der Waals surface area contributed by atoms with Gasteiger partial charge in [0.25, 0.3) is 0 Å². The molecule has 0 fully saturated rings. The summed E-state index contributed by atoms with van der Waals surface area (Å²) < 4.78 is 0. The number of nitrogens with one attached hydrogen (secondary N) is 1. The molecule has 0 atom stereocenters. The molecular weight excluding hydrogens is 222 g/mol. The molecule has 0 saturated heterocycles. The van der Waals surface area contributed by atoms with Crippen LogP contribution < -0.4 is 5.32 Å². The van der Waals surface area contributed by atoms with Crippen molar-refractivity contribution < 1.29 is 0 Å². The van der Waals surface area contributed by atoms with Gasteiger partial charge in [-0.15, -0.1) is 0 Å². The van der Waals surface area contributed by atoms with Gasteiger partial charge in [-0.1, -0.05) is 12.1 Å². The van der Waals surface area contributed by atoms with Gasteiger partial charge in [0.1, 0.15) is 5.82 Å². The van der Waals surface area contributed by atoms with E-state index in [4.69, 9.17) is 0 Å². The molecule has 0 aliphatic rings. The lowest BCUT2D eigenvalue weighted by molar-refractivity contribution is 1.29. The topological polar surface area (TPSA) is 37.8 Å². The van der Waals surface area contributed by atoms with Crippen molar-refractivity contribution in [3.8, 4) is 11.1 Å². The average Bonchev–Trinajstić information content (AvgIpc) is 2.47. The Kier molecular flexibility index (Phi) is 2.65. The number of hydrogen-bond donors (Lipinski definition) is 1. The predicted octanol–water partition coefficient (Wildman–Crippen LogP) is 3.34. The van der Waals surface area contributed by atoms with Crippen molar-refractivity contribution in [3.05, 3.63) is 55.0 Å². The monoisotopic (exact) mass is 235 g/mol. The zero-order chi connectivity index (χ0) is 12.4. The summed E-state index contributed by atoms with van der Waals surface area (Å²) in [6.45, 7) is 0. The third kappa shape index (κ3) is 1.91. The molecule has 2 aromatic heterocycles. The molecule has 1 aromatic carbocycles. The van der Waals surface area contributed by atoms with Gasteiger partial charge in [-0.3, -0.25) is 4.98 Å². The van der Waals surface area contributed by atoms with Crippen LogP contribution in [0.4, 0.5) is 5.82 Å². The average molecular weight is 235 g/mol. The number of rotatable bonds is 2. The molecule has 18 heavy (non-hydrogen) atoms. The zero-order valence-electron chi connectivity index (χ0n) is 10.1. The number of anilines is 1. The smallest absolute Gasteiger partial charge is 0.126 e. The second-order valence-electron chi connectivity index (χ2n) is 4.12. The fraction of sp³-hybridized carbons (Fsp3) is 0.0667. The molecule has 0 aliphatic carbocycles. The van der Waals surface area contributed by atoms with Crippen LogP contribution in [0.1, 0.15) is 0 Å². The standard InChI is InChI=1S/C15H13N3/c1-16-15-9-13(5-7-18-15)12-3-2-11-4-6-17-10-14(11)8-12/h2-10H,1H3,(H,16,18). The summed E-state index contributed by atoms with van der Waals surface area (Å²) in [7, 11) is 1.87. The second kappa shape index (κ2) is 4.45. The van der Waals surface area contributed by atoms with Gasteiger partial charge in [-0.25, -0.2) is 4.98 Å². The lowest BCUT2D eigenvalue weighted by atomic mass is 10.0. The van der Waals surface area contributed by atoms with Gasteiger partial charge >= 0.3 is 0 Å². The molecule has 88 valence electrons. The minimum Gasteiger partial charge on any atom is -0.373 e. The van der Waals surface area contributed by atoms with E-state index in [1.54, 1.807) is 0 Å². The number of benzene rings is 1. The quantitative estimate of drug-likeness (QED) is 0.740.